The number of ether oxygens (including phenoxy) is 3. The molecule has 0 saturated carbocycles. The van der Waals surface area contributed by atoms with Gasteiger partial charge in [0.1, 0.15) is 12.6 Å². The first-order chi connectivity index (χ1) is 9.01. The summed E-state index contributed by atoms with van der Waals surface area (Å²) in [5.41, 5.74) is 0. The van der Waals surface area contributed by atoms with Crippen LogP contribution in [0, 0.1) is 0 Å². The van der Waals surface area contributed by atoms with E-state index in [0.29, 0.717) is 6.61 Å². The van der Waals surface area contributed by atoms with E-state index in [9.17, 15) is 14.4 Å². The number of amides is 1. The highest BCUT2D eigenvalue weighted by Gasteiger charge is 2.23. The molecule has 0 fully saturated rings. The van der Waals surface area contributed by atoms with Crippen molar-refractivity contribution in [3.63, 3.8) is 0 Å². The summed E-state index contributed by atoms with van der Waals surface area (Å²) in [6.07, 6.45) is -0.424. The van der Waals surface area contributed by atoms with E-state index in [0.717, 1.165) is 0 Å². The maximum absolute atomic E-state index is 11.4. The minimum absolute atomic E-state index is 0.152. The monoisotopic (exact) mass is 277 g/mol. The zero-order valence-corrected chi connectivity index (χ0v) is 11.0. The molecule has 0 saturated heterocycles. The first-order valence-electron chi connectivity index (χ1n) is 5.75. The van der Waals surface area contributed by atoms with Crippen LogP contribution in [0.3, 0.4) is 0 Å². The Hall–Kier alpha value is -1.67. The Morgan fingerprint density at radius 3 is 2.47 bits per heavy atom. The molecule has 0 aromatic heterocycles. The Kier molecular flexibility index (Phi) is 9.37. The Labute approximate surface area is 111 Å². The summed E-state index contributed by atoms with van der Waals surface area (Å²) in [5.74, 6) is -2.61. The second-order valence-electron chi connectivity index (χ2n) is 3.51. The molecule has 0 aromatic carbocycles. The summed E-state index contributed by atoms with van der Waals surface area (Å²) in [7, 11) is 1.49. The van der Waals surface area contributed by atoms with E-state index in [4.69, 9.17) is 14.6 Å². The fourth-order valence-corrected chi connectivity index (χ4v) is 1.13. The SMILES string of the molecule is CCOC(=O)C[C@H](NC(=O)COCCOC)C(=O)O. The van der Waals surface area contributed by atoms with Gasteiger partial charge in [0.25, 0.3) is 0 Å². The molecule has 8 nitrogen and oxygen atoms in total. The number of hydrogen-bond acceptors (Lipinski definition) is 6. The number of methoxy groups -OCH3 is 1. The van der Waals surface area contributed by atoms with Gasteiger partial charge in [0, 0.05) is 7.11 Å². The number of nitrogens with one attached hydrogen (secondary N) is 1. The molecule has 2 N–H and O–H groups in total. The van der Waals surface area contributed by atoms with Crippen LogP contribution in [0.5, 0.6) is 0 Å². The summed E-state index contributed by atoms with van der Waals surface area (Å²) in [6.45, 7) is 2.02. The molecule has 8 heteroatoms. The van der Waals surface area contributed by atoms with E-state index in [1.807, 2.05) is 0 Å². The van der Waals surface area contributed by atoms with E-state index in [1.165, 1.54) is 7.11 Å². The third kappa shape index (κ3) is 8.97. The predicted octanol–water partition coefficient (Wildman–Crippen LogP) is -0.828. The Bertz CT molecular complexity index is 305. The van der Waals surface area contributed by atoms with Crippen molar-refractivity contribution in [2.75, 3.05) is 33.5 Å². The zero-order chi connectivity index (χ0) is 14.7. The number of rotatable bonds is 10. The van der Waals surface area contributed by atoms with Crippen molar-refractivity contribution in [1.82, 2.24) is 5.32 Å². The van der Waals surface area contributed by atoms with E-state index < -0.39 is 30.3 Å². The van der Waals surface area contributed by atoms with Crippen LogP contribution < -0.4 is 5.32 Å². The lowest BCUT2D eigenvalue weighted by molar-refractivity contribution is -0.150. The molecule has 0 radical (unpaired) electrons. The average Bonchev–Trinajstić information content (AvgIpc) is 2.34. The fraction of sp³-hybridized carbons (Fsp3) is 0.727. The Morgan fingerprint density at radius 1 is 1.26 bits per heavy atom. The summed E-state index contributed by atoms with van der Waals surface area (Å²) in [6, 6.07) is -1.32. The van der Waals surface area contributed by atoms with Gasteiger partial charge in [-0.25, -0.2) is 4.79 Å². The number of carboxylic acids is 1. The van der Waals surface area contributed by atoms with Crippen LogP contribution in [0.1, 0.15) is 13.3 Å². The van der Waals surface area contributed by atoms with Crippen molar-refractivity contribution in [2.24, 2.45) is 0 Å². The smallest absolute Gasteiger partial charge is 0.326 e. The van der Waals surface area contributed by atoms with Crippen molar-refractivity contribution in [3.05, 3.63) is 0 Å². The Balaban J connectivity index is 4.08. The standard InChI is InChI=1S/C11H19NO7/c1-3-19-10(14)6-8(11(15)16)12-9(13)7-18-5-4-17-2/h8H,3-7H2,1-2H3,(H,12,13)(H,15,16)/t8-/m0/s1. The lowest BCUT2D eigenvalue weighted by Gasteiger charge is -2.13. The molecule has 0 heterocycles. The van der Waals surface area contributed by atoms with Gasteiger partial charge in [0.2, 0.25) is 5.91 Å². The molecule has 110 valence electrons. The molecule has 0 aliphatic heterocycles. The van der Waals surface area contributed by atoms with Crippen LogP contribution in [0.25, 0.3) is 0 Å². The lowest BCUT2D eigenvalue weighted by atomic mass is 10.2. The van der Waals surface area contributed by atoms with Crippen LogP contribution in [-0.4, -0.2) is 62.5 Å². The van der Waals surface area contributed by atoms with Crippen LogP contribution >= 0.6 is 0 Å². The largest absolute Gasteiger partial charge is 0.480 e. The quantitative estimate of drug-likeness (QED) is 0.396. The molecule has 0 bridgehead atoms. The maximum Gasteiger partial charge on any atom is 0.326 e. The summed E-state index contributed by atoms with van der Waals surface area (Å²) in [4.78, 5) is 33.4. The molecule has 0 rings (SSSR count). The van der Waals surface area contributed by atoms with Gasteiger partial charge < -0.3 is 24.6 Å². The minimum atomic E-state index is -1.32. The van der Waals surface area contributed by atoms with Gasteiger partial charge in [-0.3, -0.25) is 9.59 Å². The fourth-order valence-electron chi connectivity index (χ4n) is 1.13. The van der Waals surface area contributed by atoms with Crippen LogP contribution in [0.2, 0.25) is 0 Å². The van der Waals surface area contributed by atoms with Gasteiger partial charge in [-0.1, -0.05) is 0 Å². The van der Waals surface area contributed by atoms with Gasteiger partial charge in [-0.15, -0.1) is 0 Å². The van der Waals surface area contributed by atoms with Crippen molar-refractivity contribution in [3.8, 4) is 0 Å². The molecule has 0 unspecified atom stereocenters. The van der Waals surface area contributed by atoms with Gasteiger partial charge in [-0.05, 0) is 6.92 Å². The number of carbonyl (C=O) groups is 3. The first kappa shape index (κ1) is 17.3. The van der Waals surface area contributed by atoms with Crippen LogP contribution in [-0.2, 0) is 28.6 Å². The highest BCUT2D eigenvalue weighted by Crippen LogP contribution is 1.96. The number of aliphatic carboxylic acids is 1. The molecule has 1 amide bonds. The minimum Gasteiger partial charge on any atom is -0.480 e. The summed E-state index contributed by atoms with van der Waals surface area (Å²) >= 11 is 0. The predicted molar refractivity (Wildman–Crippen MR) is 63.5 cm³/mol. The number of esters is 1. The number of hydrogen-bond donors (Lipinski definition) is 2. The molecule has 0 aliphatic carbocycles. The molecule has 19 heavy (non-hydrogen) atoms. The van der Waals surface area contributed by atoms with Crippen LogP contribution in [0.4, 0.5) is 0 Å². The van der Waals surface area contributed by atoms with Gasteiger partial charge in [0.15, 0.2) is 0 Å². The van der Waals surface area contributed by atoms with Crippen molar-refractivity contribution in [1.29, 1.82) is 0 Å². The Morgan fingerprint density at radius 2 is 1.95 bits per heavy atom. The first-order valence-corrected chi connectivity index (χ1v) is 5.75. The summed E-state index contributed by atoms with van der Waals surface area (Å²) < 4.78 is 14.2. The molecular formula is C11H19NO7. The molecule has 0 spiro atoms. The number of carbonyl (C=O) groups excluding carboxylic acids is 2. The van der Waals surface area contributed by atoms with E-state index in [2.05, 4.69) is 10.1 Å². The highest BCUT2D eigenvalue weighted by atomic mass is 16.5. The summed E-state index contributed by atoms with van der Waals surface area (Å²) in [5, 5.41) is 11.0. The van der Waals surface area contributed by atoms with Gasteiger partial charge in [0.05, 0.1) is 26.2 Å². The third-order valence-corrected chi connectivity index (χ3v) is 1.97. The van der Waals surface area contributed by atoms with E-state index >= 15 is 0 Å². The van der Waals surface area contributed by atoms with Crippen LogP contribution in [0.15, 0.2) is 0 Å². The average molecular weight is 277 g/mol. The van der Waals surface area contributed by atoms with Gasteiger partial charge >= 0.3 is 11.9 Å². The van der Waals surface area contributed by atoms with Crippen molar-refractivity contribution in [2.45, 2.75) is 19.4 Å². The molecular weight excluding hydrogens is 258 g/mol. The normalized spacial score (nSPS) is 11.7. The topological polar surface area (TPSA) is 111 Å². The molecule has 0 aliphatic rings. The molecule has 0 aromatic rings. The highest BCUT2D eigenvalue weighted by molar-refractivity contribution is 5.87. The van der Waals surface area contributed by atoms with Gasteiger partial charge in [-0.2, -0.15) is 0 Å². The zero-order valence-electron chi connectivity index (χ0n) is 11.0. The third-order valence-electron chi connectivity index (χ3n) is 1.97. The van der Waals surface area contributed by atoms with E-state index in [-0.39, 0.29) is 19.8 Å². The maximum atomic E-state index is 11.4. The second kappa shape index (κ2) is 10.3. The number of carboxylic acid groups (broad SMARTS) is 1. The lowest BCUT2D eigenvalue weighted by Crippen LogP contribution is -2.44. The second-order valence-corrected chi connectivity index (χ2v) is 3.51. The van der Waals surface area contributed by atoms with E-state index in [1.54, 1.807) is 6.92 Å². The van der Waals surface area contributed by atoms with Crippen molar-refractivity contribution < 1.29 is 33.7 Å². The molecule has 1 atom stereocenters. The van der Waals surface area contributed by atoms with Crippen molar-refractivity contribution >= 4 is 17.8 Å².